The molecular weight excluding hydrogens is 126 g/mol. The Balaban J connectivity index is 3.28. The average molecular weight is 143 g/mol. The summed E-state index contributed by atoms with van der Waals surface area (Å²) < 4.78 is 0. The number of hydrogen-bond donors (Lipinski definition) is 2. The largest absolute Gasteiger partial charge is 0.292 e. The summed E-state index contributed by atoms with van der Waals surface area (Å²) in [6.45, 7) is 6.60. The van der Waals surface area contributed by atoms with Gasteiger partial charge < -0.3 is 0 Å². The fraction of sp³-hybridized carbons (Fsp3) is 0.750. The van der Waals surface area contributed by atoms with Gasteiger partial charge >= 0.3 is 0 Å². The van der Waals surface area contributed by atoms with Crippen LogP contribution >= 0.6 is 0 Å². The van der Waals surface area contributed by atoms with Crippen molar-refractivity contribution in [2.75, 3.05) is 0 Å². The Labute approximate surface area is 62.9 Å². The topological polar surface area (TPSA) is 32.3 Å². The summed E-state index contributed by atoms with van der Waals surface area (Å²) in [4.78, 5) is 0. The van der Waals surface area contributed by atoms with E-state index in [1.165, 1.54) is 0 Å². The van der Waals surface area contributed by atoms with Crippen LogP contribution in [0.25, 0.3) is 0 Å². The zero-order valence-electron chi connectivity index (χ0n) is 7.02. The first-order chi connectivity index (χ1) is 4.56. The van der Waals surface area contributed by atoms with E-state index in [0.29, 0.717) is 5.41 Å². The number of nitrogens with one attached hydrogen (secondary N) is 1. The lowest BCUT2D eigenvalue weighted by Gasteiger charge is -2.15. The Kier molecular flexibility index (Phi) is 4.12. The zero-order chi connectivity index (χ0) is 8.04. The molecule has 2 nitrogen and oxygen atoms in total. The minimum atomic E-state index is 0.389. The van der Waals surface area contributed by atoms with E-state index in [2.05, 4.69) is 20.8 Å². The molecule has 0 bridgehead atoms. The van der Waals surface area contributed by atoms with Crippen molar-refractivity contribution in [3.8, 4) is 0 Å². The van der Waals surface area contributed by atoms with E-state index >= 15 is 0 Å². The number of hydroxylamine groups is 1. The Bertz CT molecular complexity index is 102. The van der Waals surface area contributed by atoms with Crippen molar-refractivity contribution in [2.45, 2.75) is 33.6 Å². The predicted molar refractivity (Wildman–Crippen MR) is 42.8 cm³/mol. The molecule has 0 atom stereocenters. The Morgan fingerprint density at radius 2 is 2.00 bits per heavy atom. The van der Waals surface area contributed by atoms with Gasteiger partial charge in [0.15, 0.2) is 0 Å². The van der Waals surface area contributed by atoms with Crippen LogP contribution in [-0.2, 0) is 0 Å². The smallest absolute Gasteiger partial charge is 0.0200 e. The average Bonchev–Trinajstić information content (AvgIpc) is 1.78. The lowest BCUT2D eigenvalue weighted by atomic mass is 9.91. The summed E-state index contributed by atoms with van der Waals surface area (Å²) in [5.41, 5.74) is 2.36. The van der Waals surface area contributed by atoms with E-state index < -0.39 is 0 Å². The second-order valence-electron chi connectivity index (χ2n) is 3.63. The summed E-state index contributed by atoms with van der Waals surface area (Å²) in [7, 11) is 0. The van der Waals surface area contributed by atoms with Gasteiger partial charge in [0, 0.05) is 6.20 Å². The van der Waals surface area contributed by atoms with Crippen LogP contribution in [0.5, 0.6) is 0 Å². The monoisotopic (exact) mass is 143 g/mol. The number of hydrogen-bond acceptors (Lipinski definition) is 2. The van der Waals surface area contributed by atoms with Gasteiger partial charge in [-0.2, -0.15) is 0 Å². The third-order valence-corrected chi connectivity index (χ3v) is 1.25. The normalized spacial score (nSPS) is 12.4. The Morgan fingerprint density at radius 1 is 1.40 bits per heavy atom. The number of allylic oxidation sites excluding steroid dienone is 1. The lowest BCUT2D eigenvalue weighted by molar-refractivity contribution is 0.214. The fourth-order valence-electron chi connectivity index (χ4n) is 0.652. The quantitative estimate of drug-likeness (QED) is 0.594. The molecule has 10 heavy (non-hydrogen) atoms. The molecule has 0 unspecified atom stereocenters. The molecule has 0 aromatic rings. The van der Waals surface area contributed by atoms with Crippen LogP contribution in [0.1, 0.15) is 33.6 Å². The maximum absolute atomic E-state index is 8.16. The van der Waals surface area contributed by atoms with Crippen LogP contribution in [0, 0.1) is 5.41 Å². The van der Waals surface area contributed by atoms with Crippen molar-refractivity contribution in [1.29, 1.82) is 0 Å². The summed E-state index contributed by atoms with van der Waals surface area (Å²) in [6, 6.07) is 0. The molecule has 0 heterocycles. The molecule has 0 saturated heterocycles. The first-order valence-electron chi connectivity index (χ1n) is 3.61. The van der Waals surface area contributed by atoms with Crippen molar-refractivity contribution >= 4 is 0 Å². The van der Waals surface area contributed by atoms with Crippen LogP contribution in [0.15, 0.2) is 12.3 Å². The minimum absolute atomic E-state index is 0.389. The summed E-state index contributed by atoms with van der Waals surface area (Å²) >= 11 is 0. The van der Waals surface area contributed by atoms with Gasteiger partial charge in [-0.3, -0.25) is 10.7 Å². The van der Waals surface area contributed by atoms with E-state index in [-0.39, 0.29) is 0 Å². The highest BCUT2D eigenvalue weighted by Gasteiger charge is 2.07. The minimum Gasteiger partial charge on any atom is -0.292 e. The van der Waals surface area contributed by atoms with Gasteiger partial charge in [-0.15, -0.1) is 0 Å². The molecular formula is C8H17NO. The van der Waals surface area contributed by atoms with Gasteiger partial charge in [0.1, 0.15) is 0 Å². The maximum atomic E-state index is 8.16. The van der Waals surface area contributed by atoms with E-state index in [1.54, 1.807) is 6.20 Å². The van der Waals surface area contributed by atoms with E-state index in [9.17, 15) is 0 Å². The molecule has 0 spiro atoms. The molecule has 60 valence electrons. The molecule has 0 radical (unpaired) electrons. The van der Waals surface area contributed by atoms with Crippen molar-refractivity contribution in [3.63, 3.8) is 0 Å². The molecule has 0 aliphatic heterocycles. The van der Waals surface area contributed by atoms with Crippen LogP contribution in [-0.4, -0.2) is 5.21 Å². The fourth-order valence-corrected chi connectivity index (χ4v) is 0.652. The maximum Gasteiger partial charge on any atom is 0.0200 e. The van der Waals surface area contributed by atoms with E-state index in [1.807, 2.05) is 11.6 Å². The van der Waals surface area contributed by atoms with Crippen LogP contribution < -0.4 is 5.48 Å². The molecule has 0 rings (SSSR count). The second kappa shape index (κ2) is 4.34. The van der Waals surface area contributed by atoms with E-state index in [0.717, 1.165) is 12.8 Å². The third kappa shape index (κ3) is 7.50. The SMILES string of the molecule is CC(C)(C)CC/C=C/NO. The summed E-state index contributed by atoms with van der Waals surface area (Å²) in [5, 5.41) is 8.16. The first kappa shape index (κ1) is 9.50. The van der Waals surface area contributed by atoms with Gasteiger partial charge in [0.25, 0.3) is 0 Å². The van der Waals surface area contributed by atoms with Crippen molar-refractivity contribution in [3.05, 3.63) is 12.3 Å². The Morgan fingerprint density at radius 3 is 2.40 bits per heavy atom. The van der Waals surface area contributed by atoms with Gasteiger partial charge in [0.05, 0.1) is 0 Å². The molecule has 0 aliphatic rings. The summed E-state index contributed by atoms with van der Waals surface area (Å²) in [5.74, 6) is 0. The molecule has 0 aromatic carbocycles. The number of rotatable bonds is 3. The van der Waals surface area contributed by atoms with Crippen molar-refractivity contribution in [2.24, 2.45) is 5.41 Å². The zero-order valence-corrected chi connectivity index (χ0v) is 7.02. The third-order valence-electron chi connectivity index (χ3n) is 1.25. The molecule has 0 fully saturated rings. The van der Waals surface area contributed by atoms with Gasteiger partial charge in [-0.05, 0) is 18.3 Å². The predicted octanol–water partition coefficient (Wildman–Crippen LogP) is 2.31. The molecule has 2 N–H and O–H groups in total. The molecule has 0 saturated carbocycles. The highest BCUT2D eigenvalue weighted by Crippen LogP contribution is 2.20. The first-order valence-corrected chi connectivity index (χ1v) is 3.61. The standard InChI is InChI=1S/C8H17NO/c1-8(2,3)6-4-5-7-9-10/h5,7,9-10H,4,6H2,1-3H3/b7-5+. The highest BCUT2D eigenvalue weighted by molar-refractivity contribution is 4.78. The highest BCUT2D eigenvalue weighted by atomic mass is 16.5. The molecule has 0 amide bonds. The van der Waals surface area contributed by atoms with Crippen LogP contribution in [0.4, 0.5) is 0 Å². The Hall–Kier alpha value is -0.500. The van der Waals surface area contributed by atoms with Crippen LogP contribution in [0.2, 0.25) is 0 Å². The van der Waals surface area contributed by atoms with Gasteiger partial charge in [0.2, 0.25) is 0 Å². The van der Waals surface area contributed by atoms with Crippen LogP contribution in [0.3, 0.4) is 0 Å². The summed E-state index contributed by atoms with van der Waals surface area (Å²) in [6.07, 6.45) is 5.62. The van der Waals surface area contributed by atoms with Crippen molar-refractivity contribution < 1.29 is 5.21 Å². The van der Waals surface area contributed by atoms with E-state index in [4.69, 9.17) is 5.21 Å². The molecule has 0 aliphatic carbocycles. The molecule has 2 heteroatoms. The molecule has 0 aromatic heterocycles. The van der Waals surface area contributed by atoms with Gasteiger partial charge in [-0.1, -0.05) is 26.8 Å². The van der Waals surface area contributed by atoms with Crippen molar-refractivity contribution in [1.82, 2.24) is 5.48 Å². The lowest BCUT2D eigenvalue weighted by Crippen LogP contribution is -2.03. The van der Waals surface area contributed by atoms with Gasteiger partial charge in [-0.25, -0.2) is 0 Å². The second-order valence-corrected chi connectivity index (χ2v) is 3.63.